The van der Waals surface area contributed by atoms with E-state index < -0.39 is 0 Å². The Kier molecular flexibility index (Phi) is 5.34. The molecule has 0 aromatic heterocycles. The second-order valence-electron chi connectivity index (χ2n) is 5.76. The Morgan fingerprint density at radius 1 is 1.15 bits per heavy atom. The van der Waals surface area contributed by atoms with Gasteiger partial charge >= 0.3 is 0 Å². The molecule has 0 aliphatic carbocycles. The molecule has 4 nitrogen and oxygen atoms in total. The van der Waals surface area contributed by atoms with E-state index in [1.165, 1.54) is 12.1 Å². The summed E-state index contributed by atoms with van der Waals surface area (Å²) in [6.07, 6.45) is 0. The highest BCUT2D eigenvalue weighted by Gasteiger charge is 2.17. The molecule has 0 spiro atoms. The fourth-order valence-corrected chi connectivity index (χ4v) is 2.46. The van der Waals surface area contributed by atoms with Crippen LogP contribution in [-0.4, -0.2) is 68.1 Å². The zero-order valence-electron chi connectivity index (χ0n) is 12.5. The van der Waals surface area contributed by atoms with E-state index >= 15 is 0 Å². The van der Waals surface area contributed by atoms with Crippen LogP contribution in [0.25, 0.3) is 0 Å². The molecule has 2 rings (SSSR count). The number of halogens is 1. The van der Waals surface area contributed by atoms with E-state index in [-0.39, 0.29) is 5.82 Å². The minimum Gasteiger partial charge on any atom is -0.398 e. The SMILES string of the molecule is CN(C)CCN1CCN(Cc2ccc(F)cc2N)CC1. The molecule has 1 aliphatic rings. The van der Waals surface area contributed by atoms with Crippen molar-refractivity contribution in [3.63, 3.8) is 0 Å². The average molecular weight is 280 g/mol. The molecule has 0 saturated carbocycles. The van der Waals surface area contributed by atoms with Gasteiger partial charge in [-0.3, -0.25) is 9.80 Å². The van der Waals surface area contributed by atoms with Gasteiger partial charge in [-0.25, -0.2) is 4.39 Å². The normalized spacial score (nSPS) is 17.8. The van der Waals surface area contributed by atoms with Crippen molar-refractivity contribution in [3.8, 4) is 0 Å². The second-order valence-corrected chi connectivity index (χ2v) is 5.76. The van der Waals surface area contributed by atoms with Crippen LogP contribution in [0.15, 0.2) is 18.2 Å². The molecule has 1 aromatic carbocycles. The van der Waals surface area contributed by atoms with Crippen LogP contribution in [0.1, 0.15) is 5.56 Å². The van der Waals surface area contributed by atoms with Crippen molar-refractivity contribution in [3.05, 3.63) is 29.6 Å². The predicted octanol–water partition coefficient (Wildman–Crippen LogP) is 1.09. The van der Waals surface area contributed by atoms with E-state index in [1.54, 1.807) is 6.07 Å². The summed E-state index contributed by atoms with van der Waals surface area (Å²) < 4.78 is 13.0. The van der Waals surface area contributed by atoms with Gasteiger partial charge in [0.25, 0.3) is 0 Å². The van der Waals surface area contributed by atoms with Crippen LogP contribution >= 0.6 is 0 Å². The number of rotatable bonds is 5. The largest absolute Gasteiger partial charge is 0.398 e. The summed E-state index contributed by atoms with van der Waals surface area (Å²) in [6.45, 7) is 7.32. The van der Waals surface area contributed by atoms with Gasteiger partial charge in [-0.05, 0) is 31.8 Å². The average Bonchev–Trinajstić information content (AvgIpc) is 2.41. The highest BCUT2D eigenvalue weighted by Crippen LogP contribution is 2.16. The number of nitrogen functional groups attached to an aromatic ring is 1. The summed E-state index contributed by atoms with van der Waals surface area (Å²) in [5.41, 5.74) is 7.44. The third-order valence-corrected chi connectivity index (χ3v) is 3.83. The topological polar surface area (TPSA) is 35.7 Å². The van der Waals surface area contributed by atoms with Crippen molar-refractivity contribution < 1.29 is 4.39 Å². The quantitative estimate of drug-likeness (QED) is 0.819. The predicted molar refractivity (Wildman–Crippen MR) is 81.1 cm³/mol. The molecule has 2 N–H and O–H groups in total. The first-order chi connectivity index (χ1) is 9.54. The van der Waals surface area contributed by atoms with Crippen LogP contribution in [-0.2, 0) is 6.54 Å². The van der Waals surface area contributed by atoms with Crippen molar-refractivity contribution >= 4 is 5.69 Å². The molecule has 0 atom stereocenters. The highest BCUT2D eigenvalue weighted by molar-refractivity contribution is 5.46. The fraction of sp³-hybridized carbons (Fsp3) is 0.600. The molecule has 0 radical (unpaired) electrons. The van der Waals surface area contributed by atoms with Crippen molar-refractivity contribution in [2.24, 2.45) is 0 Å². The first-order valence-electron chi connectivity index (χ1n) is 7.18. The van der Waals surface area contributed by atoms with Gasteiger partial charge in [0.15, 0.2) is 0 Å². The van der Waals surface area contributed by atoms with E-state index in [9.17, 15) is 4.39 Å². The van der Waals surface area contributed by atoms with Crippen molar-refractivity contribution in [1.82, 2.24) is 14.7 Å². The summed E-state index contributed by atoms with van der Waals surface area (Å²) in [5, 5.41) is 0. The molecule has 1 fully saturated rings. The summed E-state index contributed by atoms with van der Waals surface area (Å²) in [6, 6.07) is 4.69. The summed E-state index contributed by atoms with van der Waals surface area (Å²) in [7, 11) is 4.21. The van der Waals surface area contributed by atoms with E-state index in [4.69, 9.17) is 5.73 Å². The van der Waals surface area contributed by atoms with Crippen LogP contribution < -0.4 is 5.73 Å². The Morgan fingerprint density at radius 3 is 2.40 bits per heavy atom. The summed E-state index contributed by atoms with van der Waals surface area (Å²) in [4.78, 5) is 7.09. The molecule has 1 saturated heterocycles. The number of hydrogen-bond donors (Lipinski definition) is 1. The summed E-state index contributed by atoms with van der Waals surface area (Å²) >= 11 is 0. The van der Waals surface area contributed by atoms with Crippen LogP contribution in [0.3, 0.4) is 0 Å². The third-order valence-electron chi connectivity index (χ3n) is 3.83. The molecular formula is C15H25FN4. The van der Waals surface area contributed by atoms with Gasteiger partial charge in [0, 0.05) is 51.5 Å². The minimum absolute atomic E-state index is 0.264. The maximum atomic E-state index is 13.0. The molecular weight excluding hydrogens is 255 g/mol. The maximum Gasteiger partial charge on any atom is 0.125 e. The second kappa shape index (κ2) is 7.02. The molecule has 0 unspecified atom stereocenters. The molecule has 5 heteroatoms. The number of likely N-dealkylation sites (N-methyl/N-ethyl adjacent to an activating group) is 1. The number of benzene rings is 1. The first-order valence-corrected chi connectivity index (χ1v) is 7.18. The van der Waals surface area contributed by atoms with E-state index in [1.807, 2.05) is 0 Å². The maximum absolute atomic E-state index is 13.0. The van der Waals surface area contributed by atoms with Gasteiger partial charge in [-0.15, -0.1) is 0 Å². The molecule has 1 aromatic rings. The lowest BCUT2D eigenvalue weighted by Crippen LogP contribution is -2.47. The molecule has 112 valence electrons. The molecule has 1 heterocycles. The summed E-state index contributed by atoms with van der Waals surface area (Å²) in [5.74, 6) is -0.264. The lowest BCUT2D eigenvalue weighted by molar-refractivity contribution is 0.120. The molecule has 0 amide bonds. The van der Waals surface area contributed by atoms with Crippen molar-refractivity contribution in [1.29, 1.82) is 0 Å². The monoisotopic (exact) mass is 280 g/mol. The van der Waals surface area contributed by atoms with E-state index in [2.05, 4.69) is 28.8 Å². The Bertz CT molecular complexity index is 428. The fourth-order valence-electron chi connectivity index (χ4n) is 2.46. The first kappa shape index (κ1) is 15.2. The van der Waals surface area contributed by atoms with Gasteiger partial charge in [0.2, 0.25) is 0 Å². The Balaban J connectivity index is 1.79. The van der Waals surface area contributed by atoms with Gasteiger partial charge in [-0.1, -0.05) is 6.07 Å². The number of piperazine rings is 1. The van der Waals surface area contributed by atoms with Crippen molar-refractivity contribution in [2.75, 3.05) is 59.1 Å². The lowest BCUT2D eigenvalue weighted by Gasteiger charge is -2.35. The standard InChI is InChI=1S/C15H25FN4/c1-18(2)5-6-19-7-9-20(10-8-19)12-13-3-4-14(16)11-15(13)17/h3-4,11H,5-10,12,17H2,1-2H3. The van der Waals surface area contributed by atoms with E-state index in [0.29, 0.717) is 5.69 Å². The zero-order chi connectivity index (χ0) is 14.5. The Morgan fingerprint density at radius 2 is 1.80 bits per heavy atom. The smallest absolute Gasteiger partial charge is 0.125 e. The highest BCUT2D eigenvalue weighted by atomic mass is 19.1. The third kappa shape index (κ3) is 4.44. The Hall–Kier alpha value is -1.17. The minimum atomic E-state index is -0.264. The van der Waals surface area contributed by atoms with Gasteiger partial charge < -0.3 is 10.6 Å². The lowest BCUT2D eigenvalue weighted by atomic mass is 10.1. The van der Waals surface area contributed by atoms with Crippen LogP contribution in [0.5, 0.6) is 0 Å². The number of anilines is 1. The van der Waals surface area contributed by atoms with E-state index in [0.717, 1.165) is 51.4 Å². The zero-order valence-corrected chi connectivity index (χ0v) is 12.5. The van der Waals surface area contributed by atoms with Crippen molar-refractivity contribution in [2.45, 2.75) is 6.54 Å². The van der Waals surface area contributed by atoms with Gasteiger partial charge in [0.1, 0.15) is 5.82 Å². The van der Waals surface area contributed by atoms with Crippen LogP contribution in [0.2, 0.25) is 0 Å². The van der Waals surface area contributed by atoms with Gasteiger partial charge in [-0.2, -0.15) is 0 Å². The molecule has 1 aliphatic heterocycles. The number of nitrogens with zero attached hydrogens (tertiary/aromatic N) is 3. The van der Waals surface area contributed by atoms with Crippen LogP contribution in [0, 0.1) is 5.82 Å². The molecule has 20 heavy (non-hydrogen) atoms. The Labute approximate surface area is 120 Å². The van der Waals surface area contributed by atoms with Crippen LogP contribution in [0.4, 0.5) is 10.1 Å². The number of nitrogens with two attached hydrogens (primary N) is 1. The molecule has 0 bridgehead atoms. The van der Waals surface area contributed by atoms with Gasteiger partial charge in [0.05, 0.1) is 0 Å². The number of hydrogen-bond acceptors (Lipinski definition) is 4.